The van der Waals surface area contributed by atoms with Crippen LogP contribution < -0.4 is 15.4 Å². The van der Waals surface area contributed by atoms with E-state index in [1.165, 1.54) is 0 Å². The van der Waals surface area contributed by atoms with Crippen LogP contribution in [0, 0.1) is 0 Å². The Labute approximate surface area is 122 Å². The number of pyridine rings is 1. The highest BCUT2D eigenvalue weighted by Gasteiger charge is 2.03. The van der Waals surface area contributed by atoms with Gasteiger partial charge in [-0.1, -0.05) is 13.0 Å². The predicted molar refractivity (Wildman–Crippen MR) is 77.9 cm³/mol. The lowest BCUT2D eigenvalue weighted by Crippen LogP contribution is -2.28. The van der Waals surface area contributed by atoms with Gasteiger partial charge in [-0.2, -0.15) is 0 Å². The molecule has 0 saturated carbocycles. The minimum absolute atomic E-state index is 0.261. The molecule has 0 bridgehead atoms. The molecule has 2 aromatic heterocycles. The third-order valence-corrected chi connectivity index (χ3v) is 2.50. The first-order valence-corrected chi connectivity index (χ1v) is 6.67. The minimum atomic E-state index is -0.368. The zero-order chi connectivity index (χ0) is 14.9. The summed E-state index contributed by atoms with van der Waals surface area (Å²) in [4.78, 5) is 23.6. The molecule has 0 radical (unpaired) electrons. The van der Waals surface area contributed by atoms with Gasteiger partial charge in [0.05, 0.1) is 6.61 Å². The molecule has 7 heteroatoms. The molecule has 0 aliphatic rings. The number of ether oxygens (including phenoxy) is 1. The first-order chi connectivity index (χ1) is 10.3. The summed E-state index contributed by atoms with van der Waals surface area (Å²) in [5, 5.41) is 5.23. The van der Waals surface area contributed by atoms with E-state index in [4.69, 9.17) is 4.74 Å². The van der Waals surface area contributed by atoms with Gasteiger partial charge < -0.3 is 10.1 Å². The predicted octanol–water partition coefficient (Wildman–Crippen LogP) is 1.98. The van der Waals surface area contributed by atoms with Crippen LogP contribution in [0.3, 0.4) is 0 Å². The molecule has 21 heavy (non-hydrogen) atoms. The number of urea groups is 1. The second kappa shape index (κ2) is 7.78. The Balaban J connectivity index is 1.78. The lowest BCUT2D eigenvalue weighted by atomic mass is 10.3. The topological polar surface area (TPSA) is 89.0 Å². The van der Waals surface area contributed by atoms with Crippen LogP contribution in [0.2, 0.25) is 0 Å². The number of rotatable bonds is 6. The van der Waals surface area contributed by atoms with Crippen molar-refractivity contribution in [2.75, 3.05) is 11.9 Å². The molecule has 2 amide bonds. The number of aromatic nitrogens is 3. The van der Waals surface area contributed by atoms with E-state index in [0.717, 1.165) is 12.0 Å². The number of amides is 2. The lowest BCUT2D eigenvalue weighted by Gasteiger charge is -2.07. The molecular formula is C14H17N5O2. The van der Waals surface area contributed by atoms with Gasteiger partial charge in [0.15, 0.2) is 0 Å². The molecule has 2 N–H and O–H groups in total. The monoisotopic (exact) mass is 287 g/mol. The summed E-state index contributed by atoms with van der Waals surface area (Å²) in [6, 6.07) is 4.95. The Kier molecular flexibility index (Phi) is 5.45. The Bertz CT molecular complexity index is 559. The van der Waals surface area contributed by atoms with E-state index < -0.39 is 0 Å². The van der Waals surface area contributed by atoms with E-state index in [2.05, 4.69) is 25.6 Å². The van der Waals surface area contributed by atoms with Crippen LogP contribution in [-0.4, -0.2) is 27.6 Å². The van der Waals surface area contributed by atoms with Gasteiger partial charge in [-0.05, 0) is 18.1 Å². The molecule has 110 valence electrons. The van der Waals surface area contributed by atoms with Crippen molar-refractivity contribution in [3.05, 3.63) is 42.4 Å². The van der Waals surface area contributed by atoms with Crippen molar-refractivity contribution in [3.63, 3.8) is 0 Å². The van der Waals surface area contributed by atoms with Gasteiger partial charge in [0.1, 0.15) is 0 Å². The Morgan fingerprint density at radius 3 is 2.71 bits per heavy atom. The van der Waals surface area contributed by atoms with Crippen LogP contribution in [0.15, 0.2) is 36.8 Å². The smallest absolute Gasteiger partial charge is 0.321 e. The van der Waals surface area contributed by atoms with Gasteiger partial charge >= 0.3 is 6.03 Å². The van der Waals surface area contributed by atoms with Crippen LogP contribution in [0.4, 0.5) is 10.7 Å². The lowest BCUT2D eigenvalue weighted by molar-refractivity contribution is 0.251. The fourth-order valence-corrected chi connectivity index (χ4v) is 1.50. The average Bonchev–Trinajstić information content (AvgIpc) is 2.53. The first-order valence-electron chi connectivity index (χ1n) is 6.67. The van der Waals surface area contributed by atoms with Gasteiger partial charge in [-0.15, -0.1) is 0 Å². The molecule has 7 nitrogen and oxygen atoms in total. The molecule has 0 aromatic carbocycles. The number of anilines is 1. The fourth-order valence-electron chi connectivity index (χ4n) is 1.50. The van der Waals surface area contributed by atoms with Gasteiger partial charge in [0, 0.05) is 31.2 Å². The summed E-state index contributed by atoms with van der Waals surface area (Å²) in [6.07, 6.45) is 5.72. The van der Waals surface area contributed by atoms with Crippen molar-refractivity contribution < 1.29 is 9.53 Å². The Morgan fingerprint density at radius 1 is 1.24 bits per heavy atom. The maximum atomic E-state index is 11.6. The summed E-state index contributed by atoms with van der Waals surface area (Å²) in [5.41, 5.74) is 0.878. The quantitative estimate of drug-likeness (QED) is 0.848. The number of carbonyl (C=O) groups is 1. The molecule has 2 heterocycles. The van der Waals surface area contributed by atoms with E-state index in [1.54, 1.807) is 30.7 Å². The molecule has 0 atom stereocenters. The van der Waals surface area contributed by atoms with Gasteiger partial charge in [0.2, 0.25) is 11.8 Å². The summed E-state index contributed by atoms with van der Waals surface area (Å²) >= 11 is 0. The second-order valence-corrected chi connectivity index (χ2v) is 4.23. The highest BCUT2D eigenvalue weighted by molar-refractivity contribution is 5.87. The van der Waals surface area contributed by atoms with Crippen molar-refractivity contribution in [1.82, 2.24) is 20.3 Å². The highest BCUT2D eigenvalue weighted by atomic mass is 16.5. The average molecular weight is 287 g/mol. The summed E-state index contributed by atoms with van der Waals surface area (Å²) < 4.78 is 5.39. The number of hydrogen-bond donors (Lipinski definition) is 2. The Hall–Kier alpha value is -2.70. The van der Waals surface area contributed by atoms with Gasteiger partial charge in [-0.3, -0.25) is 5.32 Å². The highest BCUT2D eigenvalue weighted by Crippen LogP contribution is 2.07. The SMILES string of the molecule is CCCOc1ccc(CNC(=O)Nc2ncccn2)cn1. The summed E-state index contributed by atoms with van der Waals surface area (Å²) in [6.45, 7) is 3.04. The van der Waals surface area contributed by atoms with Crippen LogP contribution in [0.25, 0.3) is 0 Å². The summed E-state index contributed by atoms with van der Waals surface area (Å²) in [7, 11) is 0. The van der Waals surface area contributed by atoms with Crippen molar-refractivity contribution in [3.8, 4) is 5.88 Å². The van der Waals surface area contributed by atoms with E-state index in [0.29, 0.717) is 19.0 Å². The molecule has 0 unspecified atom stereocenters. The molecule has 0 spiro atoms. The number of nitrogens with zero attached hydrogens (tertiary/aromatic N) is 3. The zero-order valence-electron chi connectivity index (χ0n) is 11.7. The molecule has 2 rings (SSSR count). The standard InChI is InChI=1S/C14H17N5O2/c1-2-8-21-12-5-4-11(9-17-12)10-18-14(20)19-13-15-6-3-7-16-13/h3-7,9H,2,8,10H2,1H3,(H2,15,16,18,19,20). The van der Waals surface area contributed by atoms with Crippen LogP contribution >= 0.6 is 0 Å². The van der Waals surface area contributed by atoms with Crippen LogP contribution in [-0.2, 0) is 6.54 Å². The molecule has 0 fully saturated rings. The largest absolute Gasteiger partial charge is 0.478 e. The van der Waals surface area contributed by atoms with Crippen LogP contribution in [0.5, 0.6) is 5.88 Å². The van der Waals surface area contributed by atoms with Crippen molar-refractivity contribution in [2.24, 2.45) is 0 Å². The van der Waals surface area contributed by atoms with Crippen molar-refractivity contribution in [1.29, 1.82) is 0 Å². The first kappa shape index (κ1) is 14.7. The van der Waals surface area contributed by atoms with Gasteiger partial charge in [-0.25, -0.2) is 19.7 Å². The van der Waals surface area contributed by atoms with Crippen LogP contribution in [0.1, 0.15) is 18.9 Å². The van der Waals surface area contributed by atoms with E-state index in [1.807, 2.05) is 13.0 Å². The number of nitrogens with one attached hydrogen (secondary N) is 2. The van der Waals surface area contributed by atoms with Gasteiger partial charge in [0.25, 0.3) is 0 Å². The fraction of sp³-hybridized carbons (Fsp3) is 0.286. The molecular weight excluding hydrogens is 270 g/mol. The van der Waals surface area contributed by atoms with Crippen molar-refractivity contribution in [2.45, 2.75) is 19.9 Å². The molecule has 0 aliphatic carbocycles. The second-order valence-electron chi connectivity index (χ2n) is 4.23. The summed E-state index contributed by atoms with van der Waals surface area (Å²) in [5.74, 6) is 0.846. The minimum Gasteiger partial charge on any atom is -0.478 e. The van der Waals surface area contributed by atoms with Crippen molar-refractivity contribution >= 4 is 12.0 Å². The zero-order valence-corrected chi connectivity index (χ0v) is 11.7. The molecule has 0 saturated heterocycles. The molecule has 0 aliphatic heterocycles. The Morgan fingerprint density at radius 2 is 2.05 bits per heavy atom. The van der Waals surface area contributed by atoms with E-state index in [9.17, 15) is 4.79 Å². The number of hydrogen-bond acceptors (Lipinski definition) is 5. The van der Waals surface area contributed by atoms with E-state index >= 15 is 0 Å². The third kappa shape index (κ3) is 5.06. The maximum absolute atomic E-state index is 11.6. The third-order valence-electron chi connectivity index (χ3n) is 2.50. The maximum Gasteiger partial charge on any atom is 0.321 e. The number of carbonyl (C=O) groups excluding carboxylic acids is 1. The molecule has 2 aromatic rings. The normalized spacial score (nSPS) is 9.95. The van der Waals surface area contributed by atoms with E-state index in [-0.39, 0.29) is 12.0 Å².